The number of nitrogen functional groups attached to an aromatic ring is 1. The van der Waals surface area contributed by atoms with Gasteiger partial charge in [-0.15, -0.1) is 0 Å². The van der Waals surface area contributed by atoms with E-state index in [1.54, 1.807) is 24.3 Å². The first-order chi connectivity index (χ1) is 14.5. The lowest BCUT2D eigenvalue weighted by molar-refractivity contribution is -0.141. The van der Waals surface area contributed by atoms with Gasteiger partial charge in [-0.1, -0.05) is 24.3 Å². The van der Waals surface area contributed by atoms with Crippen molar-refractivity contribution in [1.29, 1.82) is 0 Å². The number of thiocarbonyl (C=S) groups is 1. The van der Waals surface area contributed by atoms with E-state index in [2.05, 4.69) is 16.0 Å². The zero-order valence-corrected chi connectivity index (χ0v) is 17.2. The normalized spacial score (nSPS) is 13.0. The lowest BCUT2D eigenvalue weighted by Gasteiger charge is -2.23. The summed E-state index contributed by atoms with van der Waals surface area (Å²) in [5, 5.41) is 16.9. The Labute approximate surface area is 181 Å². The molecule has 0 aromatic heterocycles. The molecule has 0 spiro atoms. The predicted molar refractivity (Wildman–Crippen MR) is 114 cm³/mol. The number of alkyl halides is 3. The number of hydrogen-bond acceptors (Lipinski definition) is 4. The van der Waals surface area contributed by atoms with Crippen molar-refractivity contribution in [2.24, 2.45) is 0 Å². The van der Waals surface area contributed by atoms with Crippen LogP contribution in [0.15, 0.2) is 48.5 Å². The molecule has 2 rings (SSSR count). The number of benzene rings is 2. The first-order valence-corrected chi connectivity index (χ1v) is 9.49. The van der Waals surface area contributed by atoms with Crippen LogP contribution >= 0.6 is 12.2 Å². The fourth-order valence-electron chi connectivity index (χ4n) is 2.66. The van der Waals surface area contributed by atoms with Crippen LogP contribution in [0.25, 0.3) is 0 Å². The number of carboxylic acids is 1. The van der Waals surface area contributed by atoms with E-state index in [0.717, 1.165) is 12.1 Å². The molecule has 2 aromatic carbocycles. The van der Waals surface area contributed by atoms with Gasteiger partial charge in [0.25, 0.3) is 0 Å². The van der Waals surface area contributed by atoms with Gasteiger partial charge in [0, 0.05) is 0 Å². The average molecular weight is 454 g/mol. The van der Waals surface area contributed by atoms with Gasteiger partial charge >= 0.3 is 12.1 Å². The maximum atomic E-state index is 13.1. The number of nitrogens with two attached hydrogens (primary N) is 1. The number of hydrogen-bond donors (Lipinski definition) is 5. The van der Waals surface area contributed by atoms with Crippen molar-refractivity contribution in [2.75, 3.05) is 11.1 Å². The van der Waals surface area contributed by atoms with Gasteiger partial charge in [0.1, 0.15) is 6.04 Å². The molecule has 0 aliphatic carbocycles. The number of carboxylic acid groups (broad SMARTS) is 1. The van der Waals surface area contributed by atoms with Gasteiger partial charge in [0.2, 0.25) is 5.91 Å². The average Bonchev–Trinajstić information content (AvgIpc) is 2.68. The molecule has 11 heteroatoms. The molecule has 0 radical (unpaired) electrons. The Morgan fingerprint density at radius 1 is 1.13 bits per heavy atom. The summed E-state index contributed by atoms with van der Waals surface area (Å²) < 4.78 is 39.4. The number of rotatable bonds is 7. The van der Waals surface area contributed by atoms with E-state index in [1.165, 1.54) is 19.1 Å². The Kier molecular flexibility index (Phi) is 7.81. The molecule has 7 nitrogen and oxygen atoms in total. The minimum absolute atomic E-state index is 0.0272. The van der Waals surface area contributed by atoms with Crippen molar-refractivity contribution in [1.82, 2.24) is 10.6 Å². The van der Waals surface area contributed by atoms with Crippen molar-refractivity contribution in [2.45, 2.75) is 31.6 Å². The molecule has 0 saturated heterocycles. The van der Waals surface area contributed by atoms with Gasteiger partial charge in [-0.3, -0.25) is 9.59 Å². The molecule has 2 atom stereocenters. The van der Waals surface area contributed by atoms with Gasteiger partial charge in [-0.25, -0.2) is 0 Å². The van der Waals surface area contributed by atoms with E-state index >= 15 is 0 Å². The molecule has 0 bridgehead atoms. The monoisotopic (exact) mass is 454 g/mol. The van der Waals surface area contributed by atoms with Crippen LogP contribution in [0.2, 0.25) is 0 Å². The quantitative estimate of drug-likeness (QED) is 0.322. The third-order valence-electron chi connectivity index (χ3n) is 4.27. The molecule has 166 valence electrons. The van der Waals surface area contributed by atoms with Crippen LogP contribution in [0.1, 0.15) is 30.5 Å². The van der Waals surface area contributed by atoms with E-state index in [0.29, 0.717) is 11.4 Å². The smallest absolute Gasteiger partial charge is 0.416 e. The molecule has 0 saturated carbocycles. The third kappa shape index (κ3) is 7.14. The molecule has 2 unspecified atom stereocenters. The Hall–Kier alpha value is -3.34. The predicted octanol–water partition coefficient (Wildman–Crippen LogP) is 3.29. The van der Waals surface area contributed by atoms with Crippen molar-refractivity contribution in [3.63, 3.8) is 0 Å². The molecule has 0 fully saturated rings. The summed E-state index contributed by atoms with van der Waals surface area (Å²) in [7, 11) is 0. The van der Waals surface area contributed by atoms with Crippen LogP contribution in [-0.2, 0) is 15.8 Å². The van der Waals surface area contributed by atoms with Crippen molar-refractivity contribution in [3.05, 3.63) is 59.7 Å². The minimum atomic E-state index is -4.57. The van der Waals surface area contributed by atoms with E-state index in [9.17, 15) is 22.8 Å². The molecule has 1 amide bonds. The fraction of sp³-hybridized carbons (Fsp3) is 0.250. The second kappa shape index (κ2) is 10.1. The number of aliphatic carboxylic acids is 1. The summed E-state index contributed by atoms with van der Waals surface area (Å²) in [6.45, 7) is 1.28. The summed E-state index contributed by atoms with van der Waals surface area (Å²) in [5.74, 6) is -1.92. The van der Waals surface area contributed by atoms with Crippen LogP contribution in [-0.4, -0.2) is 28.1 Å². The molecule has 0 aliphatic rings. The highest BCUT2D eigenvalue weighted by Gasteiger charge is 2.31. The first-order valence-electron chi connectivity index (χ1n) is 9.08. The second-order valence-electron chi connectivity index (χ2n) is 6.69. The number of halogens is 3. The topological polar surface area (TPSA) is 116 Å². The van der Waals surface area contributed by atoms with Gasteiger partial charge < -0.3 is 26.8 Å². The fourth-order valence-corrected chi connectivity index (χ4v) is 2.91. The van der Waals surface area contributed by atoms with Crippen LogP contribution in [0.4, 0.5) is 24.5 Å². The van der Waals surface area contributed by atoms with E-state index < -0.39 is 35.7 Å². The SMILES string of the molecule is CC(NC(=O)CC(NC(=S)Nc1ccccc1N)c1cccc(C(F)(F)F)c1)C(=O)O. The zero-order valence-electron chi connectivity index (χ0n) is 16.4. The van der Waals surface area contributed by atoms with Gasteiger partial charge in [-0.05, 0) is 49.0 Å². The zero-order chi connectivity index (χ0) is 23.2. The van der Waals surface area contributed by atoms with Gasteiger partial charge in [-0.2, -0.15) is 13.2 Å². The highest BCUT2D eigenvalue weighted by atomic mass is 32.1. The number of amides is 1. The largest absolute Gasteiger partial charge is 0.480 e. The summed E-state index contributed by atoms with van der Waals surface area (Å²) >= 11 is 5.23. The van der Waals surface area contributed by atoms with E-state index in [4.69, 9.17) is 23.1 Å². The number of carbonyl (C=O) groups is 2. The number of nitrogens with one attached hydrogen (secondary N) is 3. The molecule has 0 heterocycles. The Bertz CT molecular complexity index is 969. The molecule has 0 aliphatic heterocycles. The molecule has 31 heavy (non-hydrogen) atoms. The maximum absolute atomic E-state index is 13.1. The summed E-state index contributed by atoms with van der Waals surface area (Å²) in [6, 6.07) is 9.05. The Balaban J connectivity index is 2.25. The minimum Gasteiger partial charge on any atom is -0.480 e. The van der Waals surface area contributed by atoms with Gasteiger partial charge in [0.05, 0.1) is 29.4 Å². The van der Waals surface area contributed by atoms with Crippen molar-refractivity contribution < 1.29 is 27.9 Å². The van der Waals surface area contributed by atoms with E-state index in [-0.39, 0.29) is 17.1 Å². The van der Waals surface area contributed by atoms with Crippen LogP contribution in [0.5, 0.6) is 0 Å². The summed E-state index contributed by atoms with van der Waals surface area (Å²) in [6.07, 6.45) is -4.93. The second-order valence-corrected chi connectivity index (χ2v) is 7.10. The Morgan fingerprint density at radius 2 is 1.81 bits per heavy atom. The van der Waals surface area contributed by atoms with Crippen LogP contribution < -0.4 is 21.7 Å². The lowest BCUT2D eigenvalue weighted by atomic mass is 10.0. The standard InChI is InChI=1S/C20H21F3N4O3S/c1-11(18(29)30)25-17(28)10-16(12-5-4-6-13(9-12)20(21,22)23)27-19(31)26-15-8-3-2-7-14(15)24/h2-9,11,16H,10,24H2,1H3,(H,25,28)(H,29,30)(H2,26,27,31). The van der Waals surface area contributed by atoms with Crippen molar-refractivity contribution in [3.8, 4) is 0 Å². The third-order valence-corrected chi connectivity index (χ3v) is 4.49. The van der Waals surface area contributed by atoms with Gasteiger partial charge in [0.15, 0.2) is 5.11 Å². The van der Waals surface area contributed by atoms with Crippen LogP contribution in [0, 0.1) is 0 Å². The molecule has 2 aromatic rings. The number of carbonyl (C=O) groups excluding carboxylic acids is 1. The lowest BCUT2D eigenvalue weighted by Crippen LogP contribution is -2.41. The van der Waals surface area contributed by atoms with E-state index in [1.807, 2.05) is 0 Å². The summed E-state index contributed by atoms with van der Waals surface area (Å²) in [5.41, 5.74) is 5.99. The Morgan fingerprint density at radius 3 is 2.42 bits per heavy atom. The highest BCUT2D eigenvalue weighted by Crippen LogP contribution is 2.31. The number of para-hydroxylation sites is 2. The molecular formula is C20H21F3N4O3S. The van der Waals surface area contributed by atoms with Crippen molar-refractivity contribution >= 4 is 40.6 Å². The molecular weight excluding hydrogens is 433 g/mol. The first kappa shape index (κ1) is 23.9. The van der Waals surface area contributed by atoms with Crippen LogP contribution in [0.3, 0.4) is 0 Å². The maximum Gasteiger partial charge on any atom is 0.416 e. The summed E-state index contributed by atoms with van der Waals surface area (Å²) in [4.78, 5) is 23.3. The highest BCUT2D eigenvalue weighted by molar-refractivity contribution is 7.80. The molecule has 6 N–H and O–H groups in total. The number of anilines is 2.